The fourth-order valence-corrected chi connectivity index (χ4v) is 2.49. The molecule has 4 aromatic rings. The Labute approximate surface area is 149 Å². The summed E-state index contributed by atoms with van der Waals surface area (Å²) in [5.41, 5.74) is 3.72. The van der Waals surface area contributed by atoms with Crippen molar-refractivity contribution in [2.45, 2.75) is 6.92 Å². The minimum atomic E-state index is -0.428. The van der Waals surface area contributed by atoms with Crippen LogP contribution >= 0.6 is 0 Å². The second-order valence-electron chi connectivity index (χ2n) is 5.84. The molecule has 0 aliphatic rings. The van der Waals surface area contributed by atoms with E-state index in [4.69, 9.17) is 9.05 Å². The van der Waals surface area contributed by atoms with Crippen LogP contribution < -0.4 is 5.32 Å². The second-order valence-corrected chi connectivity index (χ2v) is 5.84. The van der Waals surface area contributed by atoms with Gasteiger partial charge >= 0.3 is 0 Å². The molecule has 2 heterocycles. The predicted octanol–water partition coefficient (Wildman–Crippen LogP) is 4.56. The first kappa shape index (κ1) is 15.8. The monoisotopic (exact) mass is 345 g/mol. The minimum Gasteiger partial charge on any atom is -0.355 e. The lowest BCUT2D eigenvalue weighted by atomic mass is 10.1. The SMILES string of the molecule is Cc1ccc(-c2cc(NC(=O)c3cc(-c4ccccc4)on3)on2)cc1. The van der Waals surface area contributed by atoms with E-state index in [1.54, 1.807) is 12.1 Å². The lowest BCUT2D eigenvalue weighted by Gasteiger charge is -1.96. The normalized spacial score (nSPS) is 10.7. The van der Waals surface area contributed by atoms with Crippen LogP contribution in [0, 0.1) is 6.92 Å². The minimum absolute atomic E-state index is 0.164. The van der Waals surface area contributed by atoms with E-state index in [1.165, 1.54) is 0 Å². The van der Waals surface area contributed by atoms with Crippen LogP contribution in [0.2, 0.25) is 0 Å². The fourth-order valence-electron chi connectivity index (χ4n) is 2.49. The van der Waals surface area contributed by atoms with Gasteiger partial charge in [-0.15, -0.1) is 0 Å². The number of benzene rings is 2. The number of hydrogen-bond donors (Lipinski definition) is 1. The van der Waals surface area contributed by atoms with Gasteiger partial charge in [0.15, 0.2) is 11.5 Å². The first-order valence-corrected chi connectivity index (χ1v) is 8.06. The molecule has 0 saturated heterocycles. The summed E-state index contributed by atoms with van der Waals surface area (Å²) in [5, 5.41) is 10.4. The van der Waals surface area contributed by atoms with E-state index in [0.717, 1.165) is 16.7 Å². The van der Waals surface area contributed by atoms with Gasteiger partial charge in [-0.2, -0.15) is 0 Å². The number of rotatable bonds is 4. The molecule has 0 unspecified atom stereocenters. The Hall–Kier alpha value is -3.67. The fraction of sp³-hybridized carbons (Fsp3) is 0.0500. The van der Waals surface area contributed by atoms with E-state index in [2.05, 4.69) is 15.6 Å². The van der Waals surface area contributed by atoms with Crippen molar-refractivity contribution in [3.63, 3.8) is 0 Å². The van der Waals surface area contributed by atoms with Crippen molar-refractivity contribution < 1.29 is 13.8 Å². The average molecular weight is 345 g/mol. The molecule has 128 valence electrons. The highest BCUT2D eigenvalue weighted by Crippen LogP contribution is 2.23. The summed E-state index contributed by atoms with van der Waals surface area (Å²) in [6.45, 7) is 2.01. The third-order valence-corrected chi connectivity index (χ3v) is 3.90. The summed E-state index contributed by atoms with van der Waals surface area (Å²) in [6.07, 6.45) is 0. The van der Waals surface area contributed by atoms with Gasteiger partial charge in [-0.3, -0.25) is 10.1 Å². The van der Waals surface area contributed by atoms with Gasteiger partial charge in [0.1, 0.15) is 5.69 Å². The Morgan fingerprint density at radius 1 is 0.885 bits per heavy atom. The Morgan fingerprint density at radius 2 is 1.65 bits per heavy atom. The highest BCUT2D eigenvalue weighted by Gasteiger charge is 2.16. The maximum absolute atomic E-state index is 12.3. The zero-order valence-electron chi connectivity index (χ0n) is 14.0. The summed E-state index contributed by atoms with van der Waals surface area (Å²) < 4.78 is 10.4. The van der Waals surface area contributed by atoms with Crippen molar-refractivity contribution >= 4 is 11.8 Å². The van der Waals surface area contributed by atoms with E-state index < -0.39 is 5.91 Å². The largest absolute Gasteiger partial charge is 0.355 e. The molecule has 0 saturated carbocycles. The molecule has 0 aliphatic carbocycles. The van der Waals surface area contributed by atoms with E-state index in [1.807, 2.05) is 61.5 Å². The third-order valence-electron chi connectivity index (χ3n) is 3.90. The smallest absolute Gasteiger partial charge is 0.280 e. The number of carbonyl (C=O) groups is 1. The van der Waals surface area contributed by atoms with E-state index >= 15 is 0 Å². The van der Waals surface area contributed by atoms with Crippen LogP contribution in [-0.4, -0.2) is 16.2 Å². The molecule has 4 rings (SSSR count). The zero-order chi connectivity index (χ0) is 17.9. The second kappa shape index (κ2) is 6.68. The summed E-state index contributed by atoms with van der Waals surface area (Å²) >= 11 is 0. The molecule has 6 heteroatoms. The number of nitrogens with one attached hydrogen (secondary N) is 1. The quantitative estimate of drug-likeness (QED) is 0.586. The van der Waals surface area contributed by atoms with Crippen LogP contribution in [0.5, 0.6) is 0 Å². The van der Waals surface area contributed by atoms with Crippen molar-refractivity contribution in [3.8, 4) is 22.6 Å². The summed E-state index contributed by atoms with van der Waals surface area (Å²) in [6, 6.07) is 20.6. The van der Waals surface area contributed by atoms with Gasteiger partial charge in [0.25, 0.3) is 5.91 Å². The first-order chi connectivity index (χ1) is 12.7. The molecule has 0 spiro atoms. The van der Waals surface area contributed by atoms with Crippen molar-refractivity contribution in [3.05, 3.63) is 78.0 Å². The maximum atomic E-state index is 12.3. The molecule has 1 N–H and O–H groups in total. The number of aryl methyl sites for hydroxylation is 1. The number of nitrogens with zero attached hydrogens (tertiary/aromatic N) is 2. The van der Waals surface area contributed by atoms with E-state index in [9.17, 15) is 4.79 Å². The third kappa shape index (κ3) is 3.25. The van der Waals surface area contributed by atoms with Crippen molar-refractivity contribution in [1.29, 1.82) is 0 Å². The molecule has 2 aromatic carbocycles. The van der Waals surface area contributed by atoms with E-state index in [0.29, 0.717) is 11.5 Å². The maximum Gasteiger partial charge on any atom is 0.280 e. The van der Waals surface area contributed by atoms with Crippen LogP contribution in [0.1, 0.15) is 16.1 Å². The number of anilines is 1. The van der Waals surface area contributed by atoms with Crippen molar-refractivity contribution in [1.82, 2.24) is 10.3 Å². The predicted molar refractivity (Wildman–Crippen MR) is 96.6 cm³/mol. The molecule has 0 bridgehead atoms. The van der Waals surface area contributed by atoms with Crippen LogP contribution in [0.3, 0.4) is 0 Å². The molecule has 0 aliphatic heterocycles. The molecular formula is C20H15N3O3. The molecule has 26 heavy (non-hydrogen) atoms. The van der Waals surface area contributed by atoms with Crippen LogP contribution in [-0.2, 0) is 0 Å². The van der Waals surface area contributed by atoms with Crippen LogP contribution in [0.25, 0.3) is 22.6 Å². The Bertz CT molecular complexity index is 1030. The summed E-state index contributed by atoms with van der Waals surface area (Å²) in [5.74, 6) is 0.339. The van der Waals surface area contributed by atoms with Crippen molar-refractivity contribution in [2.75, 3.05) is 5.32 Å². The molecule has 6 nitrogen and oxygen atoms in total. The number of aromatic nitrogens is 2. The van der Waals surface area contributed by atoms with Gasteiger partial charge in [-0.05, 0) is 6.92 Å². The van der Waals surface area contributed by atoms with Crippen molar-refractivity contribution in [2.24, 2.45) is 0 Å². The van der Waals surface area contributed by atoms with Crippen LogP contribution in [0.4, 0.5) is 5.88 Å². The Morgan fingerprint density at radius 3 is 2.42 bits per heavy atom. The van der Waals surface area contributed by atoms with Gasteiger partial charge in [-0.25, -0.2) is 0 Å². The molecule has 0 fully saturated rings. The van der Waals surface area contributed by atoms with Gasteiger partial charge in [0, 0.05) is 23.3 Å². The Balaban J connectivity index is 1.49. The number of carbonyl (C=O) groups excluding carboxylic acids is 1. The van der Waals surface area contributed by atoms with Gasteiger partial charge in [-0.1, -0.05) is 70.5 Å². The zero-order valence-corrected chi connectivity index (χ0v) is 14.0. The number of hydrogen-bond acceptors (Lipinski definition) is 5. The lowest BCUT2D eigenvalue weighted by molar-refractivity contribution is 0.101. The Kier molecular flexibility index (Phi) is 4.07. The van der Waals surface area contributed by atoms with Gasteiger partial charge in [0.2, 0.25) is 5.88 Å². The molecule has 2 aromatic heterocycles. The number of amides is 1. The first-order valence-electron chi connectivity index (χ1n) is 8.06. The molecular weight excluding hydrogens is 330 g/mol. The van der Waals surface area contributed by atoms with Gasteiger partial charge in [0.05, 0.1) is 0 Å². The lowest BCUT2D eigenvalue weighted by Crippen LogP contribution is -2.11. The highest BCUT2D eigenvalue weighted by molar-refractivity contribution is 6.02. The standard InChI is InChI=1S/C20H15N3O3/c1-13-7-9-14(10-8-13)16-12-19(26-22-16)21-20(24)17-11-18(25-23-17)15-5-3-2-4-6-15/h2-12H,1H3,(H,21,24). The molecule has 0 atom stereocenters. The average Bonchev–Trinajstić information content (AvgIpc) is 3.33. The molecule has 0 radical (unpaired) electrons. The van der Waals surface area contributed by atoms with E-state index in [-0.39, 0.29) is 11.6 Å². The highest BCUT2D eigenvalue weighted by atomic mass is 16.5. The molecule has 1 amide bonds. The van der Waals surface area contributed by atoms with Crippen LogP contribution in [0.15, 0.2) is 75.8 Å². The summed E-state index contributed by atoms with van der Waals surface area (Å²) in [7, 11) is 0. The van der Waals surface area contributed by atoms with Gasteiger partial charge < -0.3 is 9.05 Å². The summed E-state index contributed by atoms with van der Waals surface area (Å²) in [4.78, 5) is 12.3. The topological polar surface area (TPSA) is 81.2 Å².